The van der Waals surface area contributed by atoms with E-state index in [1.54, 1.807) is 7.11 Å². The Kier molecular flexibility index (Phi) is 5.62. The van der Waals surface area contributed by atoms with Crippen LogP contribution in [0.15, 0.2) is 4.99 Å². The molecule has 0 bridgehead atoms. The maximum atomic E-state index is 5.20. The van der Waals surface area contributed by atoms with Crippen molar-refractivity contribution >= 4 is 16.9 Å². The van der Waals surface area contributed by atoms with Crippen LogP contribution in [0.25, 0.3) is 0 Å². The van der Waals surface area contributed by atoms with Gasteiger partial charge < -0.3 is 10.1 Å². The monoisotopic (exact) mass is 244 g/mol. The van der Waals surface area contributed by atoms with Gasteiger partial charge in [-0.05, 0) is 25.2 Å². The lowest BCUT2D eigenvalue weighted by atomic mass is 9.84. The molecule has 1 rings (SSSR count). The number of aliphatic imine (C=N–C) groups is 1. The van der Waals surface area contributed by atoms with Gasteiger partial charge in [-0.1, -0.05) is 25.6 Å². The van der Waals surface area contributed by atoms with Gasteiger partial charge in [0.1, 0.15) is 0 Å². The highest BCUT2D eigenvalue weighted by molar-refractivity contribution is 8.13. The Morgan fingerprint density at radius 1 is 1.50 bits per heavy atom. The third kappa shape index (κ3) is 3.67. The third-order valence-electron chi connectivity index (χ3n) is 3.52. The highest BCUT2D eigenvalue weighted by Gasteiger charge is 2.29. The zero-order chi connectivity index (χ0) is 12.0. The molecular formula is C12H24N2OS. The van der Waals surface area contributed by atoms with Gasteiger partial charge in [0, 0.05) is 26.0 Å². The molecule has 1 N–H and O–H groups in total. The molecule has 4 heteroatoms. The molecule has 0 aliphatic carbocycles. The number of amidine groups is 1. The molecule has 0 aromatic rings. The second kappa shape index (κ2) is 6.50. The minimum Gasteiger partial charge on any atom is -0.380 e. The third-order valence-corrected chi connectivity index (χ3v) is 4.82. The lowest BCUT2D eigenvalue weighted by molar-refractivity contribution is 0.121. The summed E-state index contributed by atoms with van der Waals surface area (Å²) in [5.41, 5.74) is 0.433. The van der Waals surface area contributed by atoms with Crippen LogP contribution in [0.4, 0.5) is 0 Å². The molecular weight excluding hydrogens is 220 g/mol. The summed E-state index contributed by atoms with van der Waals surface area (Å²) in [6, 6.07) is 0. The van der Waals surface area contributed by atoms with Gasteiger partial charge >= 0.3 is 0 Å². The van der Waals surface area contributed by atoms with Crippen LogP contribution in [-0.2, 0) is 4.74 Å². The van der Waals surface area contributed by atoms with E-state index >= 15 is 0 Å². The van der Waals surface area contributed by atoms with E-state index in [1.165, 1.54) is 18.6 Å². The van der Waals surface area contributed by atoms with Crippen LogP contribution in [0.1, 0.15) is 33.6 Å². The fourth-order valence-corrected chi connectivity index (χ4v) is 2.93. The largest absolute Gasteiger partial charge is 0.380 e. The topological polar surface area (TPSA) is 33.6 Å². The van der Waals surface area contributed by atoms with Crippen molar-refractivity contribution in [3.8, 4) is 0 Å². The lowest BCUT2D eigenvalue weighted by Gasteiger charge is -2.33. The quantitative estimate of drug-likeness (QED) is 0.807. The van der Waals surface area contributed by atoms with Crippen molar-refractivity contribution in [2.75, 3.05) is 26.0 Å². The Labute approximate surface area is 103 Å². The molecule has 94 valence electrons. The molecule has 16 heavy (non-hydrogen) atoms. The molecule has 1 atom stereocenters. The minimum absolute atomic E-state index is 0.243. The maximum Gasteiger partial charge on any atom is 0.156 e. The smallest absolute Gasteiger partial charge is 0.156 e. The van der Waals surface area contributed by atoms with Crippen molar-refractivity contribution in [1.29, 1.82) is 0 Å². The van der Waals surface area contributed by atoms with Gasteiger partial charge in [0.05, 0.1) is 6.10 Å². The molecule has 0 radical (unpaired) electrons. The first-order valence-electron chi connectivity index (χ1n) is 6.09. The van der Waals surface area contributed by atoms with Crippen LogP contribution in [-0.4, -0.2) is 37.2 Å². The molecule has 1 aliphatic heterocycles. The van der Waals surface area contributed by atoms with Crippen LogP contribution in [0, 0.1) is 5.41 Å². The van der Waals surface area contributed by atoms with Crippen LogP contribution in [0.2, 0.25) is 0 Å². The van der Waals surface area contributed by atoms with E-state index in [2.05, 4.69) is 31.1 Å². The summed E-state index contributed by atoms with van der Waals surface area (Å²) in [7, 11) is 1.74. The summed E-state index contributed by atoms with van der Waals surface area (Å²) in [6.45, 7) is 8.41. The molecule has 0 spiro atoms. The van der Waals surface area contributed by atoms with E-state index in [0.29, 0.717) is 5.41 Å². The van der Waals surface area contributed by atoms with Gasteiger partial charge in [0.2, 0.25) is 0 Å². The molecule has 1 aliphatic rings. The van der Waals surface area contributed by atoms with Crippen molar-refractivity contribution in [2.45, 2.75) is 39.7 Å². The van der Waals surface area contributed by atoms with Crippen LogP contribution >= 0.6 is 11.8 Å². The Hall–Kier alpha value is -0.220. The van der Waals surface area contributed by atoms with E-state index in [9.17, 15) is 0 Å². The number of thioether (sulfide) groups is 1. The van der Waals surface area contributed by atoms with Crippen molar-refractivity contribution in [2.24, 2.45) is 10.4 Å². The van der Waals surface area contributed by atoms with Gasteiger partial charge in [-0.2, -0.15) is 0 Å². The minimum atomic E-state index is 0.243. The number of methoxy groups -OCH3 is 1. The molecule has 0 saturated carbocycles. The molecule has 0 amide bonds. The first-order valence-corrected chi connectivity index (χ1v) is 7.08. The van der Waals surface area contributed by atoms with Gasteiger partial charge in [-0.3, -0.25) is 4.99 Å². The molecule has 0 saturated heterocycles. The van der Waals surface area contributed by atoms with E-state index in [0.717, 1.165) is 18.3 Å². The number of rotatable bonds is 5. The van der Waals surface area contributed by atoms with Gasteiger partial charge in [-0.25, -0.2) is 0 Å². The molecule has 3 nitrogen and oxygen atoms in total. The normalized spacial score (nSPS) is 21.4. The fourth-order valence-electron chi connectivity index (χ4n) is 1.65. The average Bonchev–Trinajstić information content (AvgIpc) is 2.36. The maximum absolute atomic E-state index is 5.20. The van der Waals surface area contributed by atoms with E-state index in [1.807, 2.05) is 11.8 Å². The number of hydrogen-bond donors (Lipinski definition) is 1. The molecule has 1 unspecified atom stereocenters. The lowest BCUT2D eigenvalue weighted by Crippen LogP contribution is -2.37. The predicted molar refractivity (Wildman–Crippen MR) is 72.2 cm³/mol. The second-order valence-corrected chi connectivity index (χ2v) is 5.51. The summed E-state index contributed by atoms with van der Waals surface area (Å²) in [6.07, 6.45) is 2.69. The zero-order valence-corrected chi connectivity index (χ0v) is 11.7. The second-order valence-electron chi connectivity index (χ2n) is 4.54. The number of nitrogens with zero attached hydrogens (tertiary/aromatic N) is 1. The van der Waals surface area contributed by atoms with E-state index in [4.69, 9.17) is 4.74 Å². The standard InChI is InChI=1S/C12H24N2OS/c1-5-12(6-2)8-14-11(16-9-12)13-7-10(3)15-4/h10H,5-9H2,1-4H3,(H,13,14). The Morgan fingerprint density at radius 3 is 2.62 bits per heavy atom. The molecule has 0 fully saturated rings. The first-order chi connectivity index (χ1) is 7.65. The summed E-state index contributed by atoms with van der Waals surface area (Å²) < 4.78 is 5.20. The van der Waals surface area contributed by atoms with Crippen LogP contribution in [0.5, 0.6) is 0 Å². The Morgan fingerprint density at radius 2 is 2.19 bits per heavy atom. The first kappa shape index (κ1) is 13.8. The van der Waals surface area contributed by atoms with Crippen LogP contribution < -0.4 is 5.32 Å². The highest BCUT2D eigenvalue weighted by atomic mass is 32.2. The van der Waals surface area contributed by atoms with Crippen molar-refractivity contribution in [3.63, 3.8) is 0 Å². The van der Waals surface area contributed by atoms with Gasteiger partial charge in [0.25, 0.3) is 0 Å². The number of hydrogen-bond acceptors (Lipinski definition) is 4. The van der Waals surface area contributed by atoms with E-state index < -0.39 is 0 Å². The Balaban J connectivity index is 2.40. The zero-order valence-electron chi connectivity index (χ0n) is 10.9. The number of nitrogens with one attached hydrogen (secondary N) is 1. The summed E-state index contributed by atoms with van der Waals surface area (Å²) in [4.78, 5) is 4.64. The van der Waals surface area contributed by atoms with Crippen LogP contribution in [0.3, 0.4) is 0 Å². The van der Waals surface area contributed by atoms with Crippen molar-refractivity contribution < 1.29 is 4.74 Å². The summed E-state index contributed by atoms with van der Waals surface area (Å²) in [5.74, 6) is 1.19. The highest BCUT2D eigenvalue weighted by Crippen LogP contribution is 2.34. The fraction of sp³-hybridized carbons (Fsp3) is 0.917. The van der Waals surface area contributed by atoms with Gasteiger partial charge in [-0.15, -0.1) is 0 Å². The molecule has 0 aromatic carbocycles. The number of ether oxygens (including phenoxy) is 1. The summed E-state index contributed by atoms with van der Waals surface area (Å²) >= 11 is 1.86. The Bertz CT molecular complexity index is 239. The molecule has 0 aromatic heterocycles. The van der Waals surface area contributed by atoms with Crippen molar-refractivity contribution in [1.82, 2.24) is 5.32 Å². The SMILES string of the molecule is CCC1(CC)CN=C(NCC(C)OC)SC1. The molecule has 1 heterocycles. The summed E-state index contributed by atoms with van der Waals surface area (Å²) in [5, 5.41) is 4.43. The average molecular weight is 244 g/mol. The van der Waals surface area contributed by atoms with E-state index in [-0.39, 0.29) is 6.10 Å². The van der Waals surface area contributed by atoms with Crippen molar-refractivity contribution in [3.05, 3.63) is 0 Å². The van der Waals surface area contributed by atoms with Gasteiger partial charge in [0.15, 0.2) is 5.17 Å². The predicted octanol–water partition coefficient (Wildman–Crippen LogP) is 2.52.